The van der Waals surface area contributed by atoms with Gasteiger partial charge in [-0.05, 0) is 13.2 Å². The highest BCUT2D eigenvalue weighted by molar-refractivity contribution is 7.98. The number of aryl methyl sites for hydroxylation is 1. The molecule has 7 heteroatoms. The number of hydrogen-bond donors (Lipinski definition) is 0. The topological polar surface area (TPSA) is 51.1 Å². The maximum absolute atomic E-state index is 5.89. The van der Waals surface area contributed by atoms with E-state index in [1.165, 1.54) is 0 Å². The average Bonchev–Trinajstić information content (AvgIpc) is 3.00. The second-order valence-electron chi connectivity index (χ2n) is 4.96. The van der Waals surface area contributed by atoms with Gasteiger partial charge in [-0.25, -0.2) is 15.0 Å². The Morgan fingerprint density at radius 3 is 2.81 bits per heavy atom. The van der Waals surface area contributed by atoms with Gasteiger partial charge in [0.25, 0.3) is 5.19 Å². The molecule has 5 nitrogen and oxygen atoms in total. The number of thioether (sulfide) groups is 1. The van der Waals surface area contributed by atoms with Gasteiger partial charge in [0.05, 0.1) is 0 Å². The molecule has 0 unspecified atom stereocenters. The van der Waals surface area contributed by atoms with Crippen LogP contribution in [0.5, 0.6) is 5.19 Å². The maximum Gasteiger partial charge on any atom is 0.273 e. The Hall–Kier alpha value is -1.34. The van der Waals surface area contributed by atoms with Crippen LogP contribution in [0.4, 0.5) is 5.82 Å². The fourth-order valence-corrected chi connectivity index (χ4v) is 3.36. The molecule has 0 N–H and O–H groups in total. The molecule has 1 saturated heterocycles. The highest BCUT2D eigenvalue weighted by atomic mass is 32.2. The van der Waals surface area contributed by atoms with Gasteiger partial charge in [-0.15, -0.1) is 0 Å². The summed E-state index contributed by atoms with van der Waals surface area (Å²) in [5.41, 5.74) is 1.02. The number of piperidine rings is 1. The van der Waals surface area contributed by atoms with E-state index in [0.717, 1.165) is 47.8 Å². The summed E-state index contributed by atoms with van der Waals surface area (Å²) in [6.45, 7) is 3.93. The number of anilines is 1. The monoisotopic (exact) mass is 322 g/mol. The van der Waals surface area contributed by atoms with Gasteiger partial charge >= 0.3 is 0 Å². The molecular weight excluding hydrogens is 304 g/mol. The van der Waals surface area contributed by atoms with Gasteiger partial charge in [-0.3, -0.25) is 0 Å². The van der Waals surface area contributed by atoms with Gasteiger partial charge in [0, 0.05) is 49.3 Å². The molecule has 3 heterocycles. The van der Waals surface area contributed by atoms with Crippen molar-refractivity contribution in [2.45, 2.75) is 31.0 Å². The van der Waals surface area contributed by atoms with E-state index in [-0.39, 0.29) is 6.10 Å². The molecule has 3 rings (SSSR count). The summed E-state index contributed by atoms with van der Waals surface area (Å²) in [5, 5.41) is 3.56. The van der Waals surface area contributed by atoms with Gasteiger partial charge < -0.3 is 9.64 Å². The van der Waals surface area contributed by atoms with Crippen LogP contribution in [0.15, 0.2) is 22.8 Å². The summed E-state index contributed by atoms with van der Waals surface area (Å²) in [6, 6.07) is 2.06. The minimum atomic E-state index is 0.260. The van der Waals surface area contributed by atoms with Crippen molar-refractivity contribution in [3.05, 3.63) is 23.3 Å². The lowest BCUT2D eigenvalue weighted by Crippen LogP contribution is -2.38. The lowest BCUT2D eigenvalue weighted by molar-refractivity contribution is 0.170. The number of aromatic nitrogens is 3. The van der Waals surface area contributed by atoms with Crippen LogP contribution in [-0.4, -0.2) is 40.4 Å². The van der Waals surface area contributed by atoms with E-state index in [1.54, 1.807) is 29.3 Å². The van der Waals surface area contributed by atoms with E-state index < -0.39 is 0 Å². The highest BCUT2D eigenvalue weighted by Gasteiger charge is 2.22. The molecule has 1 aliphatic rings. The minimum absolute atomic E-state index is 0.260. The van der Waals surface area contributed by atoms with E-state index in [2.05, 4.69) is 25.9 Å². The van der Waals surface area contributed by atoms with Crippen molar-refractivity contribution in [2.24, 2.45) is 0 Å². The first-order valence-electron chi connectivity index (χ1n) is 6.95. The Kier molecular flexibility index (Phi) is 4.60. The van der Waals surface area contributed by atoms with Crippen LogP contribution in [0.25, 0.3) is 0 Å². The van der Waals surface area contributed by atoms with E-state index >= 15 is 0 Å². The summed E-state index contributed by atoms with van der Waals surface area (Å²) in [5.74, 6) is 1.03. The quantitative estimate of drug-likeness (QED) is 0.637. The van der Waals surface area contributed by atoms with Crippen molar-refractivity contribution < 1.29 is 4.74 Å². The van der Waals surface area contributed by atoms with E-state index in [0.29, 0.717) is 0 Å². The van der Waals surface area contributed by atoms with Crippen molar-refractivity contribution in [3.8, 4) is 5.19 Å². The van der Waals surface area contributed by atoms with E-state index in [1.807, 2.05) is 18.6 Å². The Balaban J connectivity index is 1.61. The van der Waals surface area contributed by atoms with Crippen LogP contribution in [0.2, 0.25) is 0 Å². The average molecular weight is 322 g/mol. The van der Waals surface area contributed by atoms with Crippen molar-refractivity contribution in [1.82, 2.24) is 15.0 Å². The van der Waals surface area contributed by atoms with Gasteiger partial charge in [0.2, 0.25) is 0 Å². The lowest BCUT2D eigenvalue weighted by Gasteiger charge is -2.32. The molecule has 0 saturated carbocycles. The van der Waals surface area contributed by atoms with Crippen molar-refractivity contribution in [3.63, 3.8) is 0 Å². The third-order valence-corrected chi connectivity index (χ3v) is 4.65. The molecule has 2 aromatic rings. The standard InChI is InChI=1S/C14H18N4OS2/c1-10-9-12(17-13(16-10)20-2)18-6-3-11(4-7-18)19-14-15-5-8-21-14/h5,8-9,11H,3-4,6-7H2,1-2H3. The molecule has 0 amide bonds. The number of ether oxygens (including phenoxy) is 1. The van der Waals surface area contributed by atoms with Gasteiger partial charge in [-0.2, -0.15) is 0 Å². The Bertz CT molecular complexity index is 583. The molecule has 0 atom stereocenters. The predicted octanol–water partition coefficient (Wildman–Crippen LogP) is 3.01. The van der Waals surface area contributed by atoms with E-state index in [4.69, 9.17) is 4.74 Å². The highest BCUT2D eigenvalue weighted by Crippen LogP contribution is 2.24. The Labute approximate surface area is 132 Å². The predicted molar refractivity (Wildman–Crippen MR) is 86.5 cm³/mol. The largest absolute Gasteiger partial charge is 0.467 e. The van der Waals surface area contributed by atoms with Crippen LogP contribution in [-0.2, 0) is 0 Å². The van der Waals surface area contributed by atoms with Crippen molar-refractivity contribution in [1.29, 1.82) is 0 Å². The summed E-state index contributed by atoms with van der Waals surface area (Å²) in [7, 11) is 0. The number of rotatable bonds is 4. The molecule has 0 radical (unpaired) electrons. The van der Waals surface area contributed by atoms with Crippen molar-refractivity contribution >= 4 is 28.9 Å². The third kappa shape index (κ3) is 3.65. The second kappa shape index (κ2) is 6.62. The molecule has 0 aliphatic carbocycles. The molecule has 2 aromatic heterocycles. The molecule has 1 aliphatic heterocycles. The molecule has 1 fully saturated rings. The van der Waals surface area contributed by atoms with Crippen molar-refractivity contribution in [2.75, 3.05) is 24.2 Å². The number of nitrogens with zero attached hydrogens (tertiary/aromatic N) is 4. The maximum atomic E-state index is 5.89. The normalized spacial score (nSPS) is 16.2. The summed E-state index contributed by atoms with van der Waals surface area (Å²) in [6.07, 6.45) is 6.04. The van der Waals surface area contributed by atoms with Gasteiger partial charge in [-0.1, -0.05) is 23.1 Å². The van der Waals surface area contributed by atoms with Gasteiger partial charge in [0.15, 0.2) is 5.16 Å². The molecule has 0 spiro atoms. The fraction of sp³-hybridized carbons (Fsp3) is 0.500. The first-order valence-corrected chi connectivity index (χ1v) is 9.06. The van der Waals surface area contributed by atoms with Gasteiger partial charge in [0.1, 0.15) is 11.9 Å². The second-order valence-corrected chi connectivity index (χ2v) is 6.59. The van der Waals surface area contributed by atoms with Crippen LogP contribution in [0.3, 0.4) is 0 Å². The number of hydrogen-bond acceptors (Lipinski definition) is 7. The minimum Gasteiger partial charge on any atom is -0.467 e. The van der Waals surface area contributed by atoms with Crippen LogP contribution >= 0.6 is 23.1 Å². The first-order chi connectivity index (χ1) is 10.2. The third-order valence-electron chi connectivity index (χ3n) is 3.45. The molecular formula is C14H18N4OS2. The molecule has 21 heavy (non-hydrogen) atoms. The Morgan fingerprint density at radius 1 is 1.33 bits per heavy atom. The zero-order valence-corrected chi connectivity index (χ0v) is 13.8. The lowest BCUT2D eigenvalue weighted by atomic mass is 10.1. The number of thiazole rings is 1. The van der Waals surface area contributed by atoms with Crippen LogP contribution in [0.1, 0.15) is 18.5 Å². The fourth-order valence-electron chi connectivity index (χ4n) is 2.39. The van der Waals surface area contributed by atoms with E-state index in [9.17, 15) is 0 Å². The zero-order chi connectivity index (χ0) is 14.7. The molecule has 112 valence electrons. The smallest absolute Gasteiger partial charge is 0.273 e. The first kappa shape index (κ1) is 14.6. The van der Waals surface area contributed by atoms with Crippen LogP contribution in [0, 0.1) is 6.92 Å². The summed E-state index contributed by atoms with van der Waals surface area (Å²) < 4.78 is 5.89. The Morgan fingerprint density at radius 2 is 2.14 bits per heavy atom. The molecule has 0 bridgehead atoms. The summed E-state index contributed by atoms with van der Waals surface area (Å²) in [4.78, 5) is 15.5. The summed E-state index contributed by atoms with van der Waals surface area (Å²) >= 11 is 3.13. The van der Waals surface area contributed by atoms with Crippen LogP contribution < -0.4 is 9.64 Å². The molecule has 0 aromatic carbocycles. The zero-order valence-electron chi connectivity index (χ0n) is 12.2. The SMILES string of the molecule is CSc1nc(C)cc(N2CCC(Oc3nccs3)CC2)n1.